The van der Waals surface area contributed by atoms with Crippen LogP contribution in [-0.4, -0.2) is 36.6 Å². The van der Waals surface area contributed by atoms with Gasteiger partial charge in [-0.05, 0) is 36.2 Å². The summed E-state index contributed by atoms with van der Waals surface area (Å²) in [7, 11) is 0. The van der Waals surface area contributed by atoms with E-state index in [-0.39, 0.29) is 18.2 Å². The first-order valence-electron chi connectivity index (χ1n) is 5.85. The molecular weight excluding hydrogens is 236 g/mol. The van der Waals surface area contributed by atoms with Crippen molar-refractivity contribution in [2.24, 2.45) is 0 Å². The highest BCUT2D eigenvalue weighted by Crippen LogP contribution is 2.23. The van der Waals surface area contributed by atoms with E-state index in [1.54, 1.807) is 11.3 Å². The fourth-order valence-corrected chi connectivity index (χ4v) is 2.59. The fraction of sp³-hybridized carbons (Fsp3) is 0.583. The molecule has 1 aromatic heterocycles. The predicted octanol–water partition coefficient (Wildman–Crippen LogP) is 1.60. The molecule has 0 saturated carbocycles. The number of nitrogens with one attached hydrogen (secondary N) is 1. The smallest absolute Gasteiger partial charge is 0.238 e. The molecule has 1 unspecified atom stereocenters. The highest BCUT2D eigenvalue weighted by molar-refractivity contribution is 7.07. The standard InChI is InChI=1S/C12H18N2O2S/c1-9(2)16-5-4-14-11(15)7-13-12(14)10-3-6-17-8-10/h3,6,8-9,12-13H,4-5,7H2,1-2H3. The Morgan fingerprint density at radius 3 is 3.12 bits per heavy atom. The Bertz CT molecular complexity index is 365. The zero-order valence-corrected chi connectivity index (χ0v) is 11.0. The number of nitrogens with zero attached hydrogens (tertiary/aromatic N) is 1. The zero-order valence-electron chi connectivity index (χ0n) is 10.2. The highest BCUT2D eigenvalue weighted by atomic mass is 32.1. The summed E-state index contributed by atoms with van der Waals surface area (Å²) in [5.74, 6) is 0.147. The van der Waals surface area contributed by atoms with Gasteiger partial charge in [0.05, 0.1) is 19.3 Å². The Kier molecular flexibility index (Phi) is 4.15. The summed E-state index contributed by atoms with van der Waals surface area (Å²) < 4.78 is 5.50. The molecule has 4 nitrogen and oxygen atoms in total. The van der Waals surface area contributed by atoms with E-state index in [0.29, 0.717) is 19.7 Å². The van der Waals surface area contributed by atoms with Crippen LogP contribution < -0.4 is 5.32 Å². The first kappa shape index (κ1) is 12.5. The van der Waals surface area contributed by atoms with Crippen LogP contribution in [0.4, 0.5) is 0 Å². The van der Waals surface area contributed by atoms with E-state index in [0.717, 1.165) is 5.56 Å². The SMILES string of the molecule is CC(C)OCCN1C(=O)CNC1c1ccsc1. The lowest BCUT2D eigenvalue weighted by molar-refractivity contribution is -0.129. The normalized spacial score (nSPS) is 20.5. The molecule has 1 aromatic rings. The van der Waals surface area contributed by atoms with Gasteiger partial charge in [-0.2, -0.15) is 11.3 Å². The average Bonchev–Trinajstić information content (AvgIpc) is 2.88. The molecule has 0 bridgehead atoms. The molecule has 2 rings (SSSR count). The molecule has 2 heterocycles. The van der Waals surface area contributed by atoms with Crippen LogP contribution in [0.2, 0.25) is 0 Å². The van der Waals surface area contributed by atoms with Crippen LogP contribution in [0.15, 0.2) is 16.8 Å². The number of thiophene rings is 1. The Labute approximate surface area is 106 Å². The van der Waals surface area contributed by atoms with E-state index >= 15 is 0 Å². The van der Waals surface area contributed by atoms with Crippen molar-refractivity contribution < 1.29 is 9.53 Å². The maximum Gasteiger partial charge on any atom is 0.238 e. The van der Waals surface area contributed by atoms with E-state index < -0.39 is 0 Å². The summed E-state index contributed by atoms with van der Waals surface area (Å²) in [6.45, 7) is 5.65. The number of amides is 1. The molecular formula is C12H18N2O2S. The Morgan fingerprint density at radius 2 is 2.47 bits per heavy atom. The van der Waals surface area contributed by atoms with Crippen molar-refractivity contribution in [2.75, 3.05) is 19.7 Å². The minimum atomic E-state index is 0.0181. The van der Waals surface area contributed by atoms with E-state index in [1.165, 1.54) is 0 Å². The van der Waals surface area contributed by atoms with Gasteiger partial charge in [0.25, 0.3) is 0 Å². The van der Waals surface area contributed by atoms with Gasteiger partial charge in [-0.1, -0.05) is 0 Å². The van der Waals surface area contributed by atoms with E-state index in [4.69, 9.17) is 4.74 Å². The van der Waals surface area contributed by atoms with Gasteiger partial charge in [-0.3, -0.25) is 10.1 Å². The molecule has 1 atom stereocenters. The van der Waals surface area contributed by atoms with Crippen LogP contribution in [0.5, 0.6) is 0 Å². The maximum absolute atomic E-state index is 11.8. The summed E-state index contributed by atoms with van der Waals surface area (Å²) >= 11 is 1.65. The molecule has 1 fully saturated rings. The van der Waals surface area contributed by atoms with Gasteiger partial charge >= 0.3 is 0 Å². The monoisotopic (exact) mass is 254 g/mol. The van der Waals surface area contributed by atoms with E-state index in [2.05, 4.69) is 16.8 Å². The van der Waals surface area contributed by atoms with Gasteiger partial charge in [0.2, 0.25) is 5.91 Å². The molecule has 1 N–H and O–H groups in total. The molecule has 1 saturated heterocycles. The third kappa shape index (κ3) is 3.06. The van der Waals surface area contributed by atoms with Gasteiger partial charge in [0.15, 0.2) is 0 Å². The Balaban J connectivity index is 1.95. The lowest BCUT2D eigenvalue weighted by Gasteiger charge is -2.24. The number of rotatable bonds is 5. The van der Waals surface area contributed by atoms with Crippen molar-refractivity contribution >= 4 is 17.2 Å². The molecule has 0 radical (unpaired) electrons. The lowest BCUT2D eigenvalue weighted by atomic mass is 10.2. The van der Waals surface area contributed by atoms with Gasteiger partial charge in [0, 0.05) is 6.54 Å². The quantitative estimate of drug-likeness (QED) is 0.868. The van der Waals surface area contributed by atoms with Crippen LogP contribution >= 0.6 is 11.3 Å². The third-order valence-corrected chi connectivity index (χ3v) is 3.42. The second kappa shape index (κ2) is 5.62. The summed E-state index contributed by atoms with van der Waals surface area (Å²) in [6, 6.07) is 2.05. The Morgan fingerprint density at radius 1 is 1.65 bits per heavy atom. The third-order valence-electron chi connectivity index (χ3n) is 2.72. The van der Waals surface area contributed by atoms with Crippen molar-refractivity contribution in [1.29, 1.82) is 0 Å². The van der Waals surface area contributed by atoms with Gasteiger partial charge in [-0.25, -0.2) is 0 Å². The lowest BCUT2D eigenvalue weighted by Crippen LogP contribution is -2.33. The van der Waals surface area contributed by atoms with Crippen LogP contribution in [0.25, 0.3) is 0 Å². The summed E-state index contributed by atoms with van der Waals surface area (Å²) in [4.78, 5) is 13.6. The molecule has 1 aliphatic heterocycles. The van der Waals surface area contributed by atoms with E-state index in [9.17, 15) is 4.79 Å². The predicted molar refractivity (Wildman–Crippen MR) is 67.9 cm³/mol. The molecule has 1 aliphatic rings. The van der Waals surface area contributed by atoms with Gasteiger partial charge in [0.1, 0.15) is 6.17 Å². The fourth-order valence-electron chi connectivity index (χ4n) is 1.91. The van der Waals surface area contributed by atoms with Crippen molar-refractivity contribution in [1.82, 2.24) is 10.2 Å². The Hall–Kier alpha value is -0.910. The topological polar surface area (TPSA) is 41.6 Å². The van der Waals surface area contributed by atoms with Crippen molar-refractivity contribution in [3.05, 3.63) is 22.4 Å². The molecule has 0 aliphatic carbocycles. The number of carbonyl (C=O) groups excluding carboxylic acids is 1. The first-order valence-corrected chi connectivity index (χ1v) is 6.79. The van der Waals surface area contributed by atoms with Gasteiger partial charge < -0.3 is 9.64 Å². The van der Waals surface area contributed by atoms with Crippen LogP contribution in [0.1, 0.15) is 25.6 Å². The zero-order chi connectivity index (χ0) is 12.3. The molecule has 1 amide bonds. The van der Waals surface area contributed by atoms with Crippen molar-refractivity contribution in [3.63, 3.8) is 0 Å². The largest absolute Gasteiger partial charge is 0.377 e. The average molecular weight is 254 g/mol. The van der Waals surface area contributed by atoms with Gasteiger partial charge in [-0.15, -0.1) is 0 Å². The van der Waals surface area contributed by atoms with E-state index in [1.807, 2.05) is 24.1 Å². The van der Waals surface area contributed by atoms with Crippen LogP contribution in [0, 0.1) is 0 Å². The minimum absolute atomic E-state index is 0.0181. The molecule has 5 heteroatoms. The number of hydrogen-bond donors (Lipinski definition) is 1. The number of carbonyl (C=O) groups is 1. The second-order valence-electron chi connectivity index (χ2n) is 4.35. The second-order valence-corrected chi connectivity index (χ2v) is 5.13. The summed E-state index contributed by atoms with van der Waals surface area (Å²) in [5, 5.41) is 7.33. The molecule has 94 valence electrons. The van der Waals surface area contributed by atoms with Crippen LogP contribution in [0.3, 0.4) is 0 Å². The minimum Gasteiger partial charge on any atom is -0.377 e. The summed E-state index contributed by atoms with van der Waals surface area (Å²) in [6.07, 6.45) is 0.227. The summed E-state index contributed by atoms with van der Waals surface area (Å²) in [5.41, 5.74) is 1.16. The molecule has 17 heavy (non-hydrogen) atoms. The van der Waals surface area contributed by atoms with Crippen molar-refractivity contribution in [3.8, 4) is 0 Å². The molecule has 0 aromatic carbocycles. The van der Waals surface area contributed by atoms with Crippen molar-refractivity contribution in [2.45, 2.75) is 26.1 Å². The number of hydrogen-bond acceptors (Lipinski definition) is 4. The van der Waals surface area contributed by atoms with Crippen LogP contribution in [-0.2, 0) is 9.53 Å². The molecule has 0 spiro atoms. The highest BCUT2D eigenvalue weighted by Gasteiger charge is 2.31. The number of ether oxygens (including phenoxy) is 1. The maximum atomic E-state index is 11.8. The first-order chi connectivity index (χ1) is 8.18.